The van der Waals surface area contributed by atoms with Crippen molar-refractivity contribution in [3.05, 3.63) is 124 Å². The molecule has 210 valence electrons. The van der Waals surface area contributed by atoms with E-state index >= 15 is 0 Å². The quantitative estimate of drug-likeness (QED) is 0.308. The average molecular weight is 529 g/mol. The lowest BCUT2D eigenvalue weighted by Gasteiger charge is -2.13. The van der Waals surface area contributed by atoms with Gasteiger partial charge in [-0.2, -0.15) is 0 Å². The lowest BCUT2D eigenvalue weighted by Crippen LogP contribution is -2.02. The van der Waals surface area contributed by atoms with E-state index in [0.29, 0.717) is 11.6 Å². The van der Waals surface area contributed by atoms with Crippen molar-refractivity contribution in [2.24, 2.45) is 7.05 Å². The zero-order chi connectivity index (χ0) is 29.4. The molecule has 1 aromatic heterocycles. The largest absolute Gasteiger partial charge is 0.351 e. The van der Waals surface area contributed by atoms with Crippen molar-refractivity contribution in [3.8, 4) is 0 Å². The molecule has 0 unspecified atom stereocenters. The summed E-state index contributed by atoms with van der Waals surface area (Å²) in [5, 5.41) is 8.22. The molecule has 1 aliphatic carbocycles. The first kappa shape index (κ1) is 33.6. The van der Waals surface area contributed by atoms with Gasteiger partial charge in [0.15, 0.2) is 0 Å². The molecule has 0 atom stereocenters. The Morgan fingerprint density at radius 1 is 0.923 bits per heavy atom. The Bertz CT molecular complexity index is 1240. The van der Waals surface area contributed by atoms with Crippen molar-refractivity contribution in [1.29, 1.82) is 5.41 Å². The second-order valence-electron chi connectivity index (χ2n) is 9.41. The summed E-state index contributed by atoms with van der Waals surface area (Å²) in [5.41, 5.74) is 8.88. The molecule has 0 aliphatic heterocycles. The molecule has 0 fully saturated rings. The number of aromatic nitrogens is 1. The van der Waals surface area contributed by atoms with Crippen molar-refractivity contribution in [3.63, 3.8) is 0 Å². The molecule has 1 heterocycles. The maximum Gasteiger partial charge on any atom is 0.123 e. The van der Waals surface area contributed by atoms with Crippen molar-refractivity contribution in [1.82, 2.24) is 4.57 Å². The Kier molecular flexibility index (Phi) is 15.4. The number of rotatable bonds is 6. The van der Waals surface area contributed by atoms with Gasteiger partial charge in [0.2, 0.25) is 0 Å². The normalized spacial score (nSPS) is 12.5. The van der Waals surface area contributed by atoms with Crippen LogP contribution >= 0.6 is 0 Å². The fourth-order valence-electron chi connectivity index (χ4n) is 4.34. The second-order valence-corrected chi connectivity index (χ2v) is 9.41. The number of aryl methyl sites for hydroxylation is 1. The standard InChI is InChI=1S/C20H22FN.C12H15N.2C2H6/c1-14(2)19-7-5-4-6-16(19)9-8-15(3)20(22)17-10-12-18(21)13-11-17;1-10-6-3-4-7-11(10)12-8-5-9-13(12)2;2*1-2/h4-8,10-14,22H,9H2,1-3H3;5-9H,3-4H2,1-2H3;2*1-2H3/b15-8-,22-20?;;;. The summed E-state index contributed by atoms with van der Waals surface area (Å²) < 4.78 is 15.1. The summed E-state index contributed by atoms with van der Waals surface area (Å²) in [6, 6.07) is 18.8. The maximum absolute atomic E-state index is 13.0. The van der Waals surface area contributed by atoms with Gasteiger partial charge in [0.1, 0.15) is 5.82 Å². The van der Waals surface area contributed by atoms with Crippen LogP contribution in [-0.2, 0) is 13.5 Å². The van der Waals surface area contributed by atoms with Gasteiger partial charge in [0.25, 0.3) is 0 Å². The Hall–Kier alpha value is -3.46. The van der Waals surface area contributed by atoms with Gasteiger partial charge >= 0.3 is 0 Å². The van der Waals surface area contributed by atoms with Crippen LogP contribution in [0.25, 0.3) is 5.57 Å². The summed E-state index contributed by atoms with van der Waals surface area (Å²) >= 11 is 0. The summed E-state index contributed by atoms with van der Waals surface area (Å²) in [6.45, 7) is 16.5. The zero-order valence-corrected chi connectivity index (χ0v) is 25.6. The van der Waals surface area contributed by atoms with E-state index in [2.05, 4.69) is 93.2 Å². The summed E-state index contributed by atoms with van der Waals surface area (Å²) in [4.78, 5) is 0. The van der Waals surface area contributed by atoms with Gasteiger partial charge in [-0.05, 0) is 109 Å². The number of allylic oxidation sites excluding steroid dienone is 6. The van der Waals surface area contributed by atoms with Crippen LogP contribution < -0.4 is 0 Å². The molecule has 4 rings (SSSR count). The predicted molar refractivity (Wildman–Crippen MR) is 170 cm³/mol. The summed E-state index contributed by atoms with van der Waals surface area (Å²) in [5.74, 6) is 0.213. The highest BCUT2D eigenvalue weighted by Gasteiger charge is 2.09. The highest BCUT2D eigenvalue weighted by molar-refractivity contribution is 6.10. The molecule has 3 aromatic rings. The number of hydrogen-bond donors (Lipinski definition) is 1. The Morgan fingerprint density at radius 3 is 2.10 bits per heavy atom. The predicted octanol–water partition coefficient (Wildman–Crippen LogP) is 10.7. The average Bonchev–Trinajstić information content (AvgIpc) is 3.40. The highest BCUT2D eigenvalue weighted by Crippen LogP contribution is 2.27. The van der Waals surface area contributed by atoms with Gasteiger partial charge in [-0.15, -0.1) is 0 Å². The molecule has 3 heteroatoms. The van der Waals surface area contributed by atoms with Gasteiger partial charge < -0.3 is 9.98 Å². The van der Waals surface area contributed by atoms with Crippen LogP contribution in [0.1, 0.15) is 96.5 Å². The molecule has 1 aliphatic rings. The summed E-state index contributed by atoms with van der Waals surface area (Å²) in [7, 11) is 2.10. The van der Waals surface area contributed by atoms with Crippen LogP contribution in [-0.4, -0.2) is 10.3 Å². The van der Waals surface area contributed by atoms with Crippen molar-refractivity contribution in [2.45, 2.75) is 80.6 Å². The lowest BCUT2D eigenvalue weighted by atomic mass is 9.94. The molecule has 0 amide bonds. The van der Waals surface area contributed by atoms with Gasteiger partial charge in [-0.25, -0.2) is 4.39 Å². The SMILES string of the molecule is C/C(=C/Cc1ccccc1C(C)C)C(=N)c1ccc(F)cc1.CC.CC.CC1=CCCC=C1c1cccn1C. The molecule has 39 heavy (non-hydrogen) atoms. The number of benzene rings is 2. The van der Waals surface area contributed by atoms with Crippen LogP contribution in [0.15, 0.2) is 96.2 Å². The first-order chi connectivity index (χ1) is 18.8. The van der Waals surface area contributed by atoms with E-state index < -0.39 is 0 Å². The molecule has 0 bridgehead atoms. The minimum Gasteiger partial charge on any atom is -0.351 e. The smallest absolute Gasteiger partial charge is 0.123 e. The van der Waals surface area contributed by atoms with E-state index in [9.17, 15) is 4.39 Å². The van der Waals surface area contributed by atoms with Crippen LogP contribution in [0.2, 0.25) is 0 Å². The number of halogens is 1. The van der Waals surface area contributed by atoms with Crippen molar-refractivity contribution < 1.29 is 4.39 Å². The Labute approximate surface area is 237 Å². The third kappa shape index (κ3) is 10.3. The molecule has 2 nitrogen and oxygen atoms in total. The van der Waals surface area contributed by atoms with E-state index in [1.165, 1.54) is 52.9 Å². The monoisotopic (exact) mass is 528 g/mol. The topological polar surface area (TPSA) is 28.8 Å². The van der Waals surface area contributed by atoms with E-state index in [4.69, 9.17) is 5.41 Å². The van der Waals surface area contributed by atoms with Gasteiger partial charge in [-0.3, -0.25) is 0 Å². The van der Waals surface area contributed by atoms with Gasteiger partial charge in [-0.1, -0.05) is 84.0 Å². The van der Waals surface area contributed by atoms with E-state index in [-0.39, 0.29) is 5.82 Å². The number of hydrogen-bond acceptors (Lipinski definition) is 1. The van der Waals surface area contributed by atoms with Crippen LogP contribution in [0.5, 0.6) is 0 Å². The van der Waals surface area contributed by atoms with Gasteiger partial charge in [0.05, 0.1) is 5.71 Å². The van der Waals surface area contributed by atoms with Crippen molar-refractivity contribution >= 4 is 11.3 Å². The van der Waals surface area contributed by atoms with Gasteiger partial charge in [0, 0.05) is 18.9 Å². The minimum atomic E-state index is -0.274. The molecule has 0 saturated heterocycles. The fourth-order valence-corrected chi connectivity index (χ4v) is 4.34. The van der Waals surface area contributed by atoms with Crippen molar-refractivity contribution in [2.75, 3.05) is 0 Å². The minimum absolute atomic E-state index is 0.274. The van der Waals surface area contributed by atoms with Crippen LogP contribution in [0.3, 0.4) is 0 Å². The molecule has 1 N–H and O–H groups in total. The lowest BCUT2D eigenvalue weighted by molar-refractivity contribution is 0.628. The molecule has 0 radical (unpaired) electrons. The first-order valence-corrected chi connectivity index (χ1v) is 14.4. The highest BCUT2D eigenvalue weighted by atomic mass is 19.1. The number of nitrogens with one attached hydrogen (secondary N) is 1. The fraction of sp³-hybridized carbons (Fsp3) is 0.361. The first-order valence-electron chi connectivity index (χ1n) is 14.4. The zero-order valence-electron chi connectivity index (χ0n) is 25.6. The van der Waals surface area contributed by atoms with E-state index in [0.717, 1.165) is 17.6 Å². The molecular weight excluding hydrogens is 479 g/mol. The third-order valence-corrected chi connectivity index (χ3v) is 6.44. The Balaban J connectivity index is 0.000000379. The molecular formula is C36H49FN2. The van der Waals surface area contributed by atoms with E-state index in [1.807, 2.05) is 34.6 Å². The Morgan fingerprint density at radius 2 is 1.54 bits per heavy atom. The molecule has 0 spiro atoms. The molecule has 2 aromatic carbocycles. The van der Waals surface area contributed by atoms with E-state index in [1.54, 1.807) is 12.1 Å². The van der Waals surface area contributed by atoms with Crippen LogP contribution in [0.4, 0.5) is 4.39 Å². The number of nitrogens with zero attached hydrogens (tertiary/aromatic N) is 1. The second kappa shape index (κ2) is 17.9. The third-order valence-electron chi connectivity index (χ3n) is 6.44. The van der Waals surface area contributed by atoms with Crippen LogP contribution in [0, 0.1) is 11.2 Å². The molecule has 0 saturated carbocycles. The maximum atomic E-state index is 13.0. The summed E-state index contributed by atoms with van der Waals surface area (Å²) in [6.07, 6.45) is 12.0.